The Morgan fingerprint density at radius 1 is 0.939 bits per heavy atom. The molecule has 0 aliphatic carbocycles. The first-order valence-corrected chi connectivity index (χ1v) is 9.35. The quantitative estimate of drug-likeness (QED) is 0.493. The molecule has 0 aliphatic heterocycles. The van der Waals surface area contributed by atoms with Crippen molar-refractivity contribution in [1.29, 1.82) is 0 Å². The molecule has 3 aromatic rings. The highest BCUT2D eigenvalue weighted by molar-refractivity contribution is 6.07. The molecule has 3 rings (SSSR count). The van der Waals surface area contributed by atoms with Gasteiger partial charge in [-0.2, -0.15) is 0 Å². The minimum atomic E-state index is -1.15. The lowest BCUT2D eigenvalue weighted by Gasteiger charge is -2.15. The van der Waals surface area contributed by atoms with Gasteiger partial charge < -0.3 is 29.3 Å². The fourth-order valence-electron chi connectivity index (χ4n) is 2.72. The molecular formula is C22H18F2N2O7. The third kappa shape index (κ3) is 5.64. The second-order valence-corrected chi connectivity index (χ2v) is 6.44. The van der Waals surface area contributed by atoms with Gasteiger partial charge in [-0.1, -0.05) is 0 Å². The molecule has 0 fully saturated rings. The van der Waals surface area contributed by atoms with Crippen LogP contribution in [0.3, 0.4) is 0 Å². The molecule has 0 saturated heterocycles. The van der Waals surface area contributed by atoms with E-state index in [0.717, 1.165) is 18.2 Å². The molecule has 2 amide bonds. The van der Waals surface area contributed by atoms with Gasteiger partial charge in [-0.25, -0.2) is 13.6 Å². The minimum absolute atomic E-state index is 0.00462. The molecule has 0 atom stereocenters. The highest BCUT2D eigenvalue weighted by atomic mass is 19.2. The molecule has 1 aromatic heterocycles. The number of nitrogens with one attached hydrogen (secondary N) is 2. The highest BCUT2D eigenvalue weighted by Gasteiger charge is 2.22. The van der Waals surface area contributed by atoms with Crippen LogP contribution >= 0.6 is 0 Å². The predicted octanol–water partition coefficient (Wildman–Crippen LogP) is 3.62. The number of amides is 2. The van der Waals surface area contributed by atoms with Crippen LogP contribution in [-0.2, 0) is 9.53 Å². The third-order valence-corrected chi connectivity index (χ3v) is 4.27. The Bertz CT molecular complexity index is 1180. The number of halogens is 2. The maximum Gasteiger partial charge on any atom is 0.340 e. The van der Waals surface area contributed by atoms with Crippen LogP contribution in [0, 0.1) is 11.6 Å². The van der Waals surface area contributed by atoms with Gasteiger partial charge >= 0.3 is 5.97 Å². The number of hydrogen-bond donors (Lipinski definition) is 2. The number of carbonyl (C=O) groups is 3. The van der Waals surface area contributed by atoms with Crippen molar-refractivity contribution < 1.29 is 41.8 Å². The summed E-state index contributed by atoms with van der Waals surface area (Å²) in [5.74, 6) is -4.23. The number of rotatable bonds is 8. The smallest absolute Gasteiger partial charge is 0.340 e. The molecular weight excluding hydrogens is 442 g/mol. The Morgan fingerprint density at radius 3 is 2.30 bits per heavy atom. The summed E-state index contributed by atoms with van der Waals surface area (Å²) in [6.07, 6.45) is 1.31. The van der Waals surface area contributed by atoms with Gasteiger partial charge in [0.1, 0.15) is 0 Å². The maximum absolute atomic E-state index is 13.3. The molecule has 0 aliphatic rings. The molecule has 0 radical (unpaired) electrons. The van der Waals surface area contributed by atoms with E-state index in [0.29, 0.717) is 0 Å². The zero-order valence-corrected chi connectivity index (χ0v) is 17.4. The van der Waals surface area contributed by atoms with Gasteiger partial charge in [0.15, 0.2) is 35.5 Å². The molecule has 172 valence electrons. The van der Waals surface area contributed by atoms with E-state index >= 15 is 0 Å². The van der Waals surface area contributed by atoms with Gasteiger partial charge in [0.05, 0.1) is 31.7 Å². The summed E-state index contributed by atoms with van der Waals surface area (Å²) >= 11 is 0. The van der Waals surface area contributed by atoms with E-state index in [4.69, 9.17) is 18.6 Å². The van der Waals surface area contributed by atoms with E-state index in [1.54, 1.807) is 0 Å². The maximum atomic E-state index is 13.3. The molecule has 0 spiro atoms. The zero-order chi connectivity index (χ0) is 24.0. The lowest BCUT2D eigenvalue weighted by atomic mass is 10.1. The summed E-state index contributed by atoms with van der Waals surface area (Å²) in [6, 6.07) is 8.33. The summed E-state index contributed by atoms with van der Waals surface area (Å²) in [5.41, 5.74) is -0.138. The molecule has 0 unspecified atom stereocenters. The van der Waals surface area contributed by atoms with Crippen LogP contribution in [0.2, 0.25) is 0 Å². The summed E-state index contributed by atoms with van der Waals surface area (Å²) in [5, 5.41) is 4.79. The molecule has 9 nitrogen and oxygen atoms in total. The summed E-state index contributed by atoms with van der Waals surface area (Å²) in [7, 11) is 2.72. The Morgan fingerprint density at radius 2 is 1.67 bits per heavy atom. The SMILES string of the molecule is COc1cc(NC(=O)c2ccco2)c(C(=O)OCC(=O)Nc2ccc(F)c(F)c2)cc1OC. The number of hydrogen-bond acceptors (Lipinski definition) is 7. The second-order valence-electron chi connectivity index (χ2n) is 6.44. The van der Waals surface area contributed by atoms with Crippen LogP contribution < -0.4 is 20.1 Å². The molecule has 0 saturated carbocycles. The number of methoxy groups -OCH3 is 2. The van der Waals surface area contributed by atoms with Crippen molar-refractivity contribution in [3.05, 3.63) is 71.7 Å². The third-order valence-electron chi connectivity index (χ3n) is 4.27. The average Bonchev–Trinajstić information content (AvgIpc) is 3.35. The number of furan rings is 1. The van der Waals surface area contributed by atoms with Crippen molar-refractivity contribution >= 4 is 29.2 Å². The minimum Gasteiger partial charge on any atom is -0.493 e. The molecule has 11 heteroatoms. The van der Waals surface area contributed by atoms with Crippen molar-refractivity contribution in [2.24, 2.45) is 0 Å². The first-order valence-electron chi connectivity index (χ1n) is 9.35. The highest BCUT2D eigenvalue weighted by Crippen LogP contribution is 2.34. The van der Waals surface area contributed by atoms with Crippen molar-refractivity contribution in [3.63, 3.8) is 0 Å². The predicted molar refractivity (Wildman–Crippen MR) is 111 cm³/mol. The lowest BCUT2D eigenvalue weighted by Crippen LogP contribution is -2.22. The number of esters is 1. The number of carbonyl (C=O) groups excluding carboxylic acids is 3. The topological polar surface area (TPSA) is 116 Å². The first-order chi connectivity index (χ1) is 15.8. The Balaban J connectivity index is 1.76. The fourth-order valence-corrected chi connectivity index (χ4v) is 2.72. The first kappa shape index (κ1) is 23.3. The molecule has 2 aromatic carbocycles. The van der Waals surface area contributed by atoms with E-state index in [1.165, 1.54) is 44.7 Å². The Hall–Kier alpha value is -4.41. The van der Waals surface area contributed by atoms with Gasteiger partial charge in [0.2, 0.25) is 0 Å². The molecule has 33 heavy (non-hydrogen) atoms. The van der Waals surface area contributed by atoms with Gasteiger partial charge in [-0.3, -0.25) is 9.59 Å². The number of benzene rings is 2. The van der Waals surface area contributed by atoms with Crippen LogP contribution in [-0.4, -0.2) is 38.6 Å². The van der Waals surface area contributed by atoms with Crippen LogP contribution in [0.25, 0.3) is 0 Å². The fraction of sp³-hybridized carbons (Fsp3) is 0.136. The van der Waals surface area contributed by atoms with Gasteiger partial charge in [0.25, 0.3) is 11.8 Å². The summed E-state index contributed by atoms with van der Waals surface area (Å²) in [6.45, 7) is -0.738. The Kier molecular flexibility index (Phi) is 7.24. The van der Waals surface area contributed by atoms with Crippen LogP contribution in [0.15, 0.2) is 53.1 Å². The normalized spacial score (nSPS) is 10.3. The zero-order valence-electron chi connectivity index (χ0n) is 17.4. The monoisotopic (exact) mass is 460 g/mol. The van der Waals surface area contributed by atoms with E-state index in [2.05, 4.69) is 10.6 Å². The van der Waals surface area contributed by atoms with Gasteiger partial charge in [-0.05, 0) is 24.3 Å². The summed E-state index contributed by atoms with van der Waals surface area (Å²) in [4.78, 5) is 37.1. The standard InChI is InChI=1S/C22H18F2N2O7/c1-30-18-9-13(16(10-19(18)31-2)26-21(28)17-4-3-7-32-17)22(29)33-11-20(27)25-12-5-6-14(23)15(24)8-12/h3-10H,11H2,1-2H3,(H,25,27)(H,26,28). The second kappa shape index (κ2) is 10.3. The van der Waals surface area contributed by atoms with Crippen molar-refractivity contribution in [1.82, 2.24) is 0 Å². The lowest BCUT2D eigenvalue weighted by molar-refractivity contribution is -0.119. The van der Waals surface area contributed by atoms with Crippen molar-refractivity contribution in [2.75, 3.05) is 31.5 Å². The molecule has 1 heterocycles. The van der Waals surface area contributed by atoms with Gasteiger partial charge in [-0.15, -0.1) is 0 Å². The van der Waals surface area contributed by atoms with Crippen LogP contribution in [0.4, 0.5) is 20.2 Å². The Labute approximate surface area is 186 Å². The van der Waals surface area contributed by atoms with E-state index in [1.807, 2.05) is 0 Å². The summed E-state index contributed by atoms with van der Waals surface area (Å²) < 4.78 is 46.7. The number of anilines is 2. The molecule has 0 bridgehead atoms. The van der Waals surface area contributed by atoms with Crippen molar-refractivity contribution in [3.8, 4) is 11.5 Å². The van der Waals surface area contributed by atoms with Crippen LogP contribution in [0.5, 0.6) is 11.5 Å². The van der Waals surface area contributed by atoms with E-state index in [9.17, 15) is 23.2 Å². The van der Waals surface area contributed by atoms with Crippen molar-refractivity contribution in [2.45, 2.75) is 0 Å². The number of ether oxygens (including phenoxy) is 3. The van der Waals surface area contributed by atoms with Gasteiger partial charge in [0, 0.05) is 23.9 Å². The van der Waals surface area contributed by atoms with Crippen LogP contribution in [0.1, 0.15) is 20.9 Å². The van der Waals surface area contributed by atoms with E-state index in [-0.39, 0.29) is 34.2 Å². The average molecular weight is 460 g/mol. The molecule has 2 N–H and O–H groups in total. The van der Waals surface area contributed by atoms with E-state index < -0.39 is 36.0 Å². The largest absolute Gasteiger partial charge is 0.493 e.